The van der Waals surface area contributed by atoms with Crippen LogP contribution in [0.4, 0.5) is 5.69 Å². The maximum atomic E-state index is 11.5. The Labute approximate surface area is 96.0 Å². The molecule has 0 spiro atoms. The number of rotatable bonds is 5. The average molecular weight is 222 g/mol. The molecule has 0 aliphatic rings. The Morgan fingerprint density at radius 3 is 2.81 bits per heavy atom. The van der Waals surface area contributed by atoms with Gasteiger partial charge in [0.2, 0.25) is 5.91 Å². The number of carbonyl (C=O) groups excluding carboxylic acids is 1. The van der Waals surface area contributed by atoms with Crippen molar-refractivity contribution in [3.63, 3.8) is 0 Å². The molecule has 0 aliphatic carbocycles. The van der Waals surface area contributed by atoms with Crippen molar-refractivity contribution in [3.8, 4) is 5.75 Å². The number of benzene rings is 1. The molecule has 4 nitrogen and oxygen atoms in total. The molecule has 0 aliphatic heterocycles. The fourth-order valence-corrected chi connectivity index (χ4v) is 1.33. The minimum Gasteiger partial charge on any atom is -0.495 e. The molecule has 0 radical (unpaired) electrons. The summed E-state index contributed by atoms with van der Waals surface area (Å²) in [5.74, 6) is 0.619. The topological polar surface area (TPSA) is 50.4 Å². The molecule has 1 rings (SSSR count). The first-order chi connectivity index (χ1) is 7.67. The largest absolute Gasteiger partial charge is 0.495 e. The zero-order valence-electron chi connectivity index (χ0n) is 9.96. The number of anilines is 1. The van der Waals surface area contributed by atoms with Gasteiger partial charge in [-0.05, 0) is 31.2 Å². The average Bonchev–Trinajstić information content (AvgIpc) is 2.28. The molecular formula is C12H18N2O2. The van der Waals surface area contributed by atoms with Gasteiger partial charge in [-0.1, -0.05) is 13.0 Å². The van der Waals surface area contributed by atoms with Gasteiger partial charge in [0.25, 0.3) is 0 Å². The van der Waals surface area contributed by atoms with Gasteiger partial charge in [-0.15, -0.1) is 0 Å². The number of carbonyl (C=O) groups is 1. The van der Waals surface area contributed by atoms with Crippen molar-refractivity contribution in [2.75, 3.05) is 25.5 Å². The highest BCUT2D eigenvalue weighted by Gasteiger charge is 2.06. The summed E-state index contributed by atoms with van der Waals surface area (Å²) in [6, 6.07) is 5.67. The highest BCUT2D eigenvalue weighted by Crippen LogP contribution is 2.24. The van der Waals surface area contributed by atoms with Gasteiger partial charge in [-0.3, -0.25) is 4.79 Å². The molecule has 0 saturated heterocycles. The summed E-state index contributed by atoms with van der Waals surface area (Å²) in [4.78, 5) is 11.5. The maximum Gasteiger partial charge on any atom is 0.238 e. The van der Waals surface area contributed by atoms with E-state index >= 15 is 0 Å². The van der Waals surface area contributed by atoms with Crippen LogP contribution in [-0.2, 0) is 4.79 Å². The molecule has 16 heavy (non-hydrogen) atoms. The Kier molecular flexibility index (Phi) is 4.79. The molecule has 0 bridgehead atoms. The smallest absolute Gasteiger partial charge is 0.238 e. The molecule has 2 N–H and O–H groups in total. The number of nitrogens with one attached hydrogen (secondary N) is 2. The van der Waals surface area contributed by atoms with Gasteiger partial charge in [0, 0.05) is 0 Å². The SMILES string of the molecule is CCNCC(=O)Nc1ccc(C)cc1OC. The van der Waals surface area contributed by atoms with Crippen LogP contribution in [0.3, 0.4) is 0 Å². The highest BCUT2D eigenvalue weighted by atomic mass is 16.5. The Balaban J connectivity index is 2.69. The first-order valence-corrected chi connectivity index (χ1v) is 5.32. The molecule has 1 aromatic carbocycles. The van der Waals surface area contributed by atoms with Crippen molar-refractivity contribution in [2.24, 2.45) is 0 Å². The molecule has 0 fully saturated rings. The van der Waals surface area contributed by atoms with E-state index in [0.717, 1.165) is 12.1 Å². The molecule has 1 amide bonds. The first kappa shape index (κ1) is 12.5. The number of hydrogen-bond donors (Lipinski definition) is 2. The summed E-state index contributed by atoms with van der Waals surface area (Å²) < 4.78 is 5.20. The zero-order valence-corrected chi connectivity index (χ0v) is 9.96. The van der Waals surface area contributed by atoms with E-state index in [1.165, 1.54) is 0 Å². The fraction of sp³-hybridized carbons (Fsp3) is 0.417. The van der Waals surface area contributed by atoms with Crippen LogP contribution in [0.2, 0.25) is 0 Å². The molecule has 0 saturated carbocycles. The summed E-state index contributed by atoms with van der Waals surface area (Å²) in [5.41, 5.74) is 1.80. The number of methoxy groups -OCH3 is 1. The van der Waals surface area contributed by atoms with E-state index in [1.54, 1.807) is 7.11 Å². The van der Waals surface area contributed by atoms with Gasteiger partial charge in [0.1, 0.15) is 5.75 Å². The van der Waals surface area contributed by atoms with E-state index < -0.39 is 0 Å². The van der Waals surface area contributed by atoms with Gasteiger partial charge in [-0.2, -0.15) is 0 Å². The summed E-state index contributed by atoms with van der Waals surface area (Å²) in [6.45, 7) is 5.03. The number of amides is 1. The lowest BCUT2D eigenvalue weighted by Crippen LogP contribution is -2.27. The minimum absolute atomic E-state index is 0.0657. The summed E-state index contributed by atoms with van der Waals surface area (Å²) in [6.07, 6.45) is 0. The Morgan fingerprint density at radius 2 is 2.19 bits per heavy atom. The summed E-state index contributed by atoms with van der Waals surface area (Å²) in [7, 11) is 1.59. The molecule has 0 heterocycles. The third-order valence-corrected chi connectivity index (χ3v) is 2.17. The lowest BCUT2D eigenvalue weighted by atomic mass is 10.2. The van der Waals surface area contributed by atoms with Crippen LogP contribution in [0.1, 0.15) is 12.5 Å². The Bertz CT molecular complexity index is 364. The lowest BCUT2D eigenvalue weighted by Gasteiger charge is -2.10. The van der Waals surface area contributed by atoms with Crippen LogP contribution in [-0.4, -0.2) is 26.1 Å². The molecule has 4 heteroatoms. The van der Waals surface area contributed by atoms with Crippen molar-refractivity contribution in [1.29, 1.82) is 0 Å². The molecule has 1 aromatic rings. The van der Waals surface area contributed by atoms with Crippen LogP contribution in [0.5, 0.6) is 5.75 Å². The van der Waals surface area contributed by atoms with Crippen molar-refractivity contribution in [1.82, 2.24) is 5.32 Å². The summed E-state index contributed by atoms with van der Waals surface area (Å²) >= 11 is 0. The number of hydrogen-bond acceptors (Lipinski definition) is 3. The highest BCUT2D eigenvalue weighted by molar-refractivity contribution is 5.93. The predicted octanol–water partition coefficient (Wildman–Crippen LogP) is 1.55. The Hall–Kier alpha value is -1.55. The second-order valence-corrected chi connectivity index (χ2v) is 3.53. The van der Waals surface area contributed by atoms with Gasteiger partial charge >= 0.3 is 0 Å². The van der Waals surface area contributed by atoms with Gasteiger partial charge in [0.15, 0.2) is 0 Å². The Morgan fingerprint density at radius 1 is 1.44 bits per heavy atom. The van der Waals surface area contributed by atoms with Crippen LogP contribution >= 0.6 is 0 Å². The number of likely N-dealkylation sites (N-methyl/N-ethyl adjacent to an activating group) is 1. The quantitative estimate of drug-likeness (QED) is 0.794. The number of aryl methyl sites for hydroxylation is 1. The maximum absolute atomic E-state index is 11.5. The molecular weight excluding hydrogens is 204 g/mol. The van der Waals surface area contributed by atoms with Crippen molar-refractivity contribution < 1.29 is 9.53 Å². The van der Waals surface area contributed by atoms with Gasteiger partial charge in [-0.25, -0.2) is 0 Å². The van der Waals surface area contributed by atoms with Crippen molar-refractivity contribution in [3.05, 3.63) is 23.8 Å². The lowest BCUT2D eigenvalue weighted by molar-refractivity contribution is -0.115. The van der Waals surface area contributed by atoms with Crippen molar-refractivity contribution >= 4 is 11.6 Å². The van der Waals surface area contributed by atoms with E-state index in [1.807, 2.05) is 32.0 Å². The fourth-order valence-electron chi connectivity index (χ4n) is 1.33. The third-order valence-electron chi connectivity index (χ3n) is 2.17. The van der Waals surface area contributed by atoms with Crippen LogP contribution in [0.15, 0.2) is 18.2 Å². The van der Waals surface area contributed by atoms with Crippen LogP contribution < -0.4 is 15.4 Å². The molecule has 0 aromatic heterocycles. The number of ether oxygens (including phenoxy) is 1. The summed E-state index contributed by atoms with van der Waals surface area (Å²) in [5, 5.41) is 5.76. The standard InChI is InChI=1S/C12H18N2O2/c1-4-13-8-12(15)14-10-6-5-9(2)7-11(10)16-3/h5-7,13H,4,8H2,1-3H3,(H,14,15). The van der Waals surface area contributed by atoms with Gasteiger partial charge < -0.3 is 15.4 Å². The normalized spacial score (nSPS) is 9.94. The van der Waals surface area contributed by atoms with E-state index in [9.17, 15) is 4.79 Å². The monoisotopic (exact) mass is 222 g/mol. The van der Waals surface area contributed by atoms with E-state index in [2.05, 4.69) is 10.6 Å². The first-order valence-electron chi connectivity index (χ1n) is 5.32. The second-order valence-electron chi connectivity index (χ2n) is 3.53. The molecule has 0 atom stereocenters. The van der Waals surface area contributed by atoms with Gasteiger partial charge in [0.05, 0.1) is 19.3 Å². The van der Waals surface area contributed by atoms with E-state index in [4.69, 9.17) is 4.74 Å². The van der Waals surface area contributed by atoms with Crippen LogP contribution in [0.25, 0.3) is 0 Å². The second kappa shape index (κ2) is 6.12. The van der Waals surface area contributed by atoms with Crippen molar-refractivity contribution in [2.45, 2.75) is 13.8 Å². The van der Waals surface area contributed by atoms with E-state index in [0.29, 0.717) is 18.0 Å². The molecule has 88 valence electrons. The minimum atomic E-state index is -0.0657. The zero-order chi connectivity index (χ0) is 12.0. The molecule has 0 unspecified atom stereocenters. The third kappa shape index (κ3) is 3.55. The van der Waals surface area contributed by atoms with Crippen LogP contribution in [0, 0.1) is 6.92 Å². The predicted molar refractivity (Wildman–Crippen MR) is 64.9 cm³/mol. The van der Waals surface area contributed by atoms with E-state index in [-0.39, 0.29) is 5.91 Å².